The molecule has 0 bridgehead atoms. The van der Waals surface area contributed by atoms with E-state index in [1.165, 1.54) is 354 Å². The first-order valence-corrected chi connectivity index (χ1v) is 41.3. The molecule has 0 aromatic carbocycles. The molecule has 3 N–H and O–H groups in total. The van der Waals surface area contributed by atoms with Gasteiger partial charge in [-0.3, -0.25) is 4.79 Å². The monoisotopic (exact) mass is 1250 g/mol. The van der Waals surface area contributed by atoms with Gasteiger partial charge in [0.2, 0.25) is 5.91 Å². The predicted molar refractivity (Wildman–Crippen MR) is 389 cm³/mol. The van der Waals surface area contributed by atoms with Crippen molar-refractivity contribution in [1.29, 1.82) is 0 Å². The lowest BCUT2D eigenvalue weighted by Crippen LogP contribution is -2.58. The van der Waals surface area contributed by atoms with Gasteiger partial charge in [0.1, 0.15) is 0 Å². The zero-order chi connectivity index (χ0) is 63.9. The van der Waals surface area contributed by atoms with Gasteiger partial charge >= 0.3 is 0 Å². The zero-order valence-corrected chi connectivity index (χ0v) is 61.5. The summed E-state index contributed by atoms with van der Waals surface area (Å²) in [5.41, 5.74) is 0.530. The number of carbonyl (C=O) groups excluding carboxylic acids is 1. The molecule has 0 radical (unpaired) electrons. The van der Waals surface area contributed by atoms with Crippen LogP contribution in [0.2, 0.25) is 0 Å². The van der Waals surface area contributed by atoms with Crippen molar-refractivity contribution in [2.45, 2.75) is 407 Å². The van der Waals surface area contributed by atoms with E-state index in [1.807, 2.05) is 0 Å². The molecule has 7 nitrogen and oxygen atoms in total. The Morgan fingerprint density at radius 1 is 0.404 bits per heavy atom. The van der Waals surface area contributed by atoms with E-state index in [0.717, 1.165) is 51.6 Å². The maximum absolute atomic E-state index is 13.6. The van der Waals surface area contributed by atoms with Gasteiger partial charge in [-0.2, -0.15) is 0 Å². The van der Waals surface area contributed by atoms with Crippen molar-refractivity contribution in [3.8, 4) is 0 Å². The summed E-state index contributed by atoms with van der Waals surface area (Å²) in [5, 5.41) is 25.8. The Balaban J connectivity index is 1.26. The van der Waals surface area contributed by atoms with Crippen LogP contribution >= 0.6 is 0 Å². The molecule has 4 rings (SSSR count). The number of amides is 1. The Morgan fingerprint density at radius 2 is 0.730 bits per heavy atom. The SMILES string of the molecule is CCCCCCCCCCCCN(CCCCN(CCCCCCCCCCCC)CCCN(CCCCCCCCCCCC)CCCCCCCCCCCC)CCCNC(=O)CC[C@@H](C)C1CCC2C3C(O)CC4C[C@H](O)CCC4(C)C3CCC21C. The van der Waals surface area contributed by atoms with E-state index < -0.39 is 0 Å². The number of unbranched alkanes of at least 4 members (excludes halogenated alkanes) is 37. The first-order valence-electron chi connectivity index (χ1n) is 41.3. The van der Waals surface area contributed by atoms with Gasteiger partial charge in [-0.1, -0.05) is 280 Å². The molecule has 8 unspecified atom stereocenters. The van der Waals surface area contributed by atoms with Crippen LogP contribution in [0.1, 0.15) is 395 Å². The third-order valence-electron chi connectivity index (χ3n) is 24.7. The maximum atomic E-state index is 13.6. The van der Waals surface area contributed by atoms with Crippen LogP contribution in [0, 0.1) is 46.3 Å². The van der Waals surface area contributed by atoms with E-state index in [4.69, 9.17) is 0 Å². The van der Waals surface area contributed by atoms with E-state index in [-0.39, 0.29) is 28.9 Å². The molecule has 0 heterocycles. The Morgan fingerprint density at radius 3 is 1.12 bits per heavy atom. The molecular formula is C82H160N4O3. The summed E-state index contributed by atoms with van der Waals surface area (Å²) in [7, 11) is 0. The number of hydrogen-bond donors (Lipinski definition) is 3. The van der Waals surface area contributed by atoms with Crippen molar-refractivity contribution in [3.63, 3.8) is 0 Å². The third-order valence-corrected chi connectivity index (χ3v) is 24.7. The van der Waals surface area contributed by atoms with Crippen molar-refractivity contribution in [2.75, 3.05) is 65.4 Å². The van der Waals surface area contributed by atoms with Crippen LogP contribution in [0.5, 0.6) is 0 Å². The van der Waals surface area contributed by atoms with Crippen molar-refractivity contribution >= 4 is 5.91 Å². The minimum absolute atomic E-state index is 0.181. The molecule has 4 aliphatic carbocycles. The lowest BCUT2D eigenvalue weighted by atomic mass is 9.43. The van der Waals surface area contributed by atoms with Gasteiger partial charge in [-0.25, -0.2) is 0 Å². The van der Waals surface area contributed by atoms with Crippen LogP contribution < -0.4 is 5.32 Å². The molecular weight excluding hydrogens is 1090 g/mol. The summed E-state index contributed by atoms with van der Waals surface area (Å²) in [6.07, 6.45) is 71.4. The molecule has 0 saturated heterocycles. The second kappa shape index (κ2) is 51.5. The standard InChI is InChI=1S/C82H160N4O3/c1-8-12-16-20-24-28-32-36-40-44-61-84(67-50-60-83-79(89)55-52-72(5)75-53-54-76-80-77(57-59-82(75,76)7)81(6)58-56-74(87)70-73(81)71-78(80)88)65-48-49-66-86(64-47-43-39-35-31-27-23-19-15-11-4)69-51-68-85(62-45-41-37-33-29-25-21-17-13-9-2)63-46-42-38-34-30-26-22-18-14-10-3/h72-78,80,87-88H,8-71H2,1-7H3,(H,83,89)/t72-,73?,74-,75?,76?,77?,78?,80?,81?,82?/m1/s1. The number of nitrogens with zero attached hydrogens (tertiary/aromatic N) is 3. The number of nitrogens with one attached hydrogen (secondary N) is 1. The molecule has 4 saturated carbocycles. The fourth-order valence-corrected chi connectivity index (χ4v) is 18.8. The van der Waals surface area contributed by atoms with Gasteiger partial charge in [0, 0.05) is 13.0 Å². The smallest absolute Gasteiger partial charge is 0.220 e. The highest BCUT2D eigenvalue weighted by molar-refractivity contribution is 5.75. The number of aliphatic hydroxyl groups is 2. The lowest BCUT2D eigenvalue weighted by Gasteiger charge is -2.62. The maximum Gasteiger partial charge on any atom is 0.220 e. The van der Waals surface area contributed by atoms with Gasteiger partial charge in [-0.15, -0.1) is 0 Å². The van der Waals surface area contributed by atoms with Crippen molar-refractivity contribution < 1.29 is 15.0 Å². The van der Waals surface area contributed by atoms with E-state index in [1.54, 1.807) is 0 Å². The van der Waals surface area contributed by atoms with Crippen molar-refractivity contribution in [3.05, 3.63) is 0 Å². The van der Waals surface area contributed by atoms with Crippen LogP contribution in [-0.2, 0) is 4.79 Å². The molecule has 0 aromatic heterocycles. The minimum Gasteiger partial charge on any atom is -0.393 e. The molecule has 4 fully saturated rings. The van der Waals surface area contributed by atoms with Gasteiger partial charge in [0.25, 0.3) is 0 Å². The molecule has 0 aromatic rings. The number of hydrogen-bond acceptors (Lipinski definition) is 6. The van der Waals surface area contributed by atoms with E-state index in [0.29, 0.717) is 41.9 Å². The van der Waals surface area contributed by atoms with Crippen molar-refractivity contribution in [1.82, 2.24) is 20.0 Å². The summed E-state index contributed by atoms with van der Waals surface area (Å²) >= 11 is 0. The molecule has 1 amide bonds. The molecule has 0 spiro atoms. The summed E-state index contributed by atoms with van der Waals surface area (Å²) in [6, 6.07) is 0. The second-order valence-electron chi connectivity index (χ2n) is 32.0. The Labute approximate surface area is 557 Å². The topological polar surface area (TPSA) is 79.3 Å². The van der Waals surface area contributed by atoms with Crippen LogP contribution in [0.4, 0.5) is 0 Å². The van der Waals surface area contributed by atoms with Gasteiger partial charge in [-0.05, 0) is 214 Å². The summed E-state index contributed by atoms with van der Waals surface area (Å²) in [6.45, 7) is 28.9. The first-order chi connectivity index (χ1) is 43.5. The van der Waals surface area contributed by atoms with E-state index >= 15 is 0 Å². The Hall–Kier alpha value is -0.730. The first kappa shape index (κ1) is 80.7. The average Bonchev–Trinajstić information content (AvgIpc) is 1.71. The lowest BCUT2D eigenvalue weighted by molar-refractivity contribution is -0.174. The van der Waals surface area contributed by atoms with Crippen LogP contribution in [0.3, 0.4) is 0 Å². The highest BCUT2D eigenvalue weighted by atomic mass is 16.3. The fraction of sp³-hybridized carbons (Fsp3) is 0.988. The van der Waals surface area contributed by atoms with Crippen LogP contribution in [-0.4, -0.2) is 108 Å². The molecule has 4 aliphatic rings. The largest absolute Gasteiger partial charge is 0.393 e. The minimum atomic E-state index is -0.224. The summed E-state index contributed by atoms with van der Waals surface area (Å²) in [5.74, 6) is 3.46. The number of carbonyl (C=O) groups is 1. The van der Waals surface area contributed by atoms with Gasteiger partial charge < -0.3 is 30.2 Å². The normalized spacial score (nSPS) is 24.7. The van der Waals surface area contributed by atoms with Crippen molar-refractivity contribution in [2.24, 2.45) is 46.3 Å². The molecule has 0 aliphatic heterocycles. The molecule has 526 valence electrons. The van der Waals surface area contributed by atoms with E-state index in [9.17, 15) is 15.0 Å². The third kappa shape index (κ3) is 33.7. The zero-order valence-electron chi connectivity index (χ0n) is 61.5. The van der Waals surface area contributed by atoms with Crippen LogP contribution in [0.25, 0.3) is 0 Å². The van der Waals surface area contributed by atoms with Crippen LogP contribution in [0.15, 0.2) is 0 Å². The van der Waals surface area contributed by atoms with Gasteiger partial charge in [0.05, 0.1) is 12.2 Å². The molecule has 89 heavy (non-hydrogen) atoms. The quantitative estimate of drug-likeness (QED) is 0.0527. The fourth-order valence-electron chi connectivity index (χ4n) is 18.8. The average molecular weight is 1250 g/mol. The molecule has 7 heteroatoms. The Kier molecular flexibility index (Phi) is 46.7. The Bertz CT molecular complexity index is 1610. The number of aliphatic hydroxyl groups excluding tert-OH is 2. The highest BCUT2D eigenvalue weighted by Gasteiger charge is 2.63. The second-order valence-corrected chi connectivity index (χ2v) is 32.0. The molecule has 10 atom stereocenters. The number of fused-ring (bicyclic) bond motifs is 5. The summed E-state index contributed by atoms with van der Waals surface area (Å²) < 4.78 is 0. The number of rotatable bonds is 61. The van der Waals surface area contributed by atoms with E-state index in [2.05, 4.69) is 68.5 Å². The highest BCUT2D eigenvalue weighted by Crippen LogP contribution is 2.68. The van der Waals surface area contributed by atoms with Gasteiger partial charge in [0.15, 0.2) is 0 Å². The summed E-state index contributed by atoms with van der Waals surface area (Å²) in [4.78, 5) is 22.2. The predicted octanol–water partition coefficient (Wildman–Crippen LogP) is 22.7.